The normalized spacial score (nSPS) is 15.1. The molecule has 1 heterocycles. The second-order valence-electron chi connectivity index (χ2n) is 7.67. The summed E-state index contributed by atoms with van der Waals surface area (Å²) in [5.41, 5.74) is 2.53. The van der Waals surface area contributed by atoms with Gasteiger partial charge in [0.05, 0.1) is 31.8 Å². The predicted octanol–water partition coefficient (Wildman–Crippen LogP) is 5.09. The average Bonchev–Trinajstić information content (AvgIpc) is 2.71. The Hall–Kier alpha value is -2.04. The van der Waals surface area contributed by atoms with Gasteiger partial charge < -0.3 is 19.3 Å². The molecular weight excluding hydrogens is 352 g/mol. The number of benzene rings is 2. The third-order valence-electron chi connectivity index (χ3n) is 5.47. The van der Waals surface area contributed by atoms with Gasteiger partial charge in [-0.25, -0.2) is 0 Å². The van der Waals surface area contributed by atoms with Crippen molar-refractivity contribution in [2.75, 3.05) is 33.0 Å². The fraction of sp³-hybridized carbons (Fsp3) is 0.500. The van der Waals surface area contributed by atoms with Crippen LogP contribution < -0.4 is 9.47 Å². The highest BCUT2D eigenvalue weighted by Crippen LogP contribution is 2.32. The smallest absolute Gasteiger partial charge is 0.119 e. The average molecular weight is 385 g/mol. The van der Waals surface area contributed by atoms with E-state index in [1.165, 1.54) is 11.1 Å². The molecule has 0 bridgehead atoms. The highest BCUT2D eigenvalue weighted by molar-refractivity contribution is 5.64. The number of unbranched alkanes of at least 4 members (excludes halogenated alkanes) is 3. The van der Waals surface area contributed by atoms with E-state index in [1.54, 1.807) is 0 Å². The maximum Gasteiger partial charge on any atom is 0.119 e. The fourth-order valence-electron chi connectivity index (χ4n) is 3.26. The summed E-state index contributed by atoms with van der Waals surface area (Å²) < 4.78 is 17.1. The minimum absolute atomic E-state index is 0.202. The zero-order valence-corrected chi connectivity index (χ0v) is 16.9. The standard InChI is InChI=1S/C24H32O4/c1-2-24(17-26-18-24)19-28-23-13-9-21(10-14-23)20-7-11-22(12-8-20)27-16-6-4-3-5-15-25/h7-14,25H,2-6,15-19H2,1H3. The van der Waals surface area contributed by atoms with Crippen molar-refractivity contribution in [2.24, 2.45) is 5.41 Å². The van der Waals surface area contributed by atoms with Gasteiger partial charge in [-0.15, -0.1) is 0 Å². The third kappa shape index (κ3) is 5.73. The summed E-state index contributed by atoms with van der Waals surface area (Å²) in [6.45, 7) is 5.52. The first-order valence-electron chi connectivity index (χ1n) is 10.4. The molecule has 0 spiro atoms. The summed E-state index contributed by atoms with van der Waals surface area (Å²) in [5, 5.41) is 8.77. The highest BCUT2D eigenvalue weighted by Gasteiger charge is 2.37. The minimum atomic E-state index is 0.202. The van der Waals surface area contributed by atoms with Crippen molar-refractivity contribution in [1.82, 2.24) is 0 Å². The van der Waals surface area contributed by atoms with Gasteiger partial charge in [0, 0.05) is 6.61 Å². The maximum atomic E-state index is 8.77. The quantitative estimate of drug-likeness (QED) is 0.518. The number of aliphatic hydroxyl groups is 1. The molecule has 0 atom stereocenters. The molecule has 1 aliphatic rings. The van der Waals surface area contributed by atoms with E-state index in [0.29, 0.717) is 0 Å². The van der Waals surface area contributed by atoms with E-state index in [1.807, 2.05) is 24.3 Å². The Bertz CT molecular complexity index is 684. The Kier molecular flexibility index (Phi) is 7.75. The van der Waals surface area contributed by atoms with Crippen molar-refractivity contribution in [3.05, 3.63) is 48.5 Å². The lowest BCUT2D eigenvalue weighted by atomic mass is 9.84. The van der Waals surface area contributed by atoms with Crippen LogP contribution in [0.3, 0.4) is 0 Å². The number of rotatable bonds is 12. The molecule has 28 heavy (non-hydrogen) atoms. The van der Waals surface area contributed by atoms with Gasteiger partial charge in [0.25, 0.3) is 0 Å². The van der Waals surface area contributed by atoms with Crippen LogP contribution in [-0.2, 0) is 4.74 Å². The van der Waals surface area contributed by atoms with E-state index in [2.05, 4.69) is 31.2 Å². The molecule has 0 aliphatic carbocycles. The van der Waals surface area contributed by atoms with Gasteiger partial charge >= 0.3 is 0 Å². The van der Waals surface area contributed by atoms with Gasteiger partial charge in [-0.05, 0) is 61.1 Å². The predicted molar refractivity (Wildman–Crippen MR) is 112 cm³/mol. The summed E-state index contributed by atoms with van der Waals surface area (Å²) in [6, 6.07) is 16.5. The van der Waals surface area contributed by atoms with Gasteiger partial charge in [-0.3, -0.25) is 0 Å². The van der Waals surface area contributed by atoms with Gasteiger partial charge in [0.15, 0.2) is 0 Å². The molecule has 1 saturated heterocycles. The zero-order chi connectivity index (χ0) is 19.7. The second kappa shape index (κ2) is 10.5. The number of hydrogen-bond donors (Lipinski definition) is 1. The van der Waals surface area contributed by atoms with Crippen LogP contribution >= 0.6 is 0 Å². The lowest BCUT2D eigenvalue weighted by Gasteiger charge is -2.40. The molecule has 152 valence electrons. The lowest BCUT2D eigenvalue weighted by molar-refractivity contribution is -0.133. The Labute approximate surface area is 168 Å². The number of ether oxygens (including phenoxy) is 3. The van der Waals surface area contributed by atoms with Crippen LogP contribution in [0, 0.1) is 5.41 Å². The van der Waals surface area contributed by atoms with Crippen LogP contribution in [0.2, 0.25) is 0 Å². The molecule has 1 N–H and O–H groups in total. The third-order valence-corrected chi connectivity index (χ3v) is 5.47. The van der Waals surface area contributed by atoms with Crippen molar-refractivity contribution in [3.63, 3.8) is 0 Å². The van der Waals surface area contributed by atoms with Gasteiger partial charge in [-0.2, -0.15) is 0 Å². The fourth-order valence-corrected chi connectivity index (χ4v) is 3.26. The minimum Gasteiger partial charge on any atom is -0.494 e. The van der Waals surface area contributed by atoms with Crippen molar-refractivity contribution in [3.8, 4) is 22.6 Å². The Morgan fingerprint density at radius 3 is 1.89 bits per heavy atom. The summed E-state index contributed by atoms with van der Waals surface area (Å²) in [5.74, 6) is 1.81. The molecule has 0 saturated carbocycles. The molecule has 0 radical (unpaired) electrons. The first kappa shape index (κ1) is 20.7. The first-order chi connectivity index (χ1) is 13.7. The maximum absolute atomic E-state index is 8.77. The molecule has 4 heteroatoms. The molecular formula is C24H32O4. The molecule has 3 rings (SSSR count). The molecule has 1 aliphatic heterocycles. The molecule has 0 aromatic heterocycles. The molecule has 2 aromatic rings. The van der Waals surface area contributed by atoms with E-state index >= 15 is 0 Å². The van der Waals surface area contributed by atoms with E-state index in [-0.39, 0.29) is 12.0 Å². The van der Waals surface area contributed by atoms with Crippen molar-refractivity contribution in [2.45, 2.75) is 39.0 Å². The first-order valence-corrected chi connectivity index (χ1v) is 10.4. The molecule has 4 nitrogen and oxygen atoms in total. The van der Waals surface area contributed by atoms with Crippen LogP contribution in [-0.4, -0.2) is 38.1 Å². The monoisotopic (exact) mass is 384 g/mol. The van der Waals surface area contributed by atoms with E-state index in [9.17, 15) is 0 Å². The summed E-state index contributed by atoms with van der Waals surface area (Å²) in [6.07, 6.45) is 5.15. The Morgan fingerprint density at radius 2 is 1.39 bits per heavy atom. The van der Waals surface area contributed by atoms with Crippen LogP contribution in [0.4, 0.5) is 0 Å². The zero-order valence-electron chi connectivity index (χ0n) is 16.9. The summed E-state index contributed by atoms with van der Waals surface area (Å²) >= 11 is 0. The van der Waals surface area contributed by atoms with E-state index in [0.717, 1.165) is 70.0 Å². The SMILES string of the molecule is CCC1(COc2ccc(-c3ccc(OCCCCCCO)cc3)cc2)COC1. The molecule has 1 fully saturated rings. The van der Waals surface area contributed by atoms with Crippen LogP contribution in [0.15, 0.2) is 48.5 Å². The summed E-state index contributed by atoms with van der Waals surface area (Å²) in [7, 11) is 0. The largest absolute Gasteiger partial charge is 0.494 e. The van der Waals surface area contributed by atoms with Crippen LogP contribution in [0.5, 0.6) is 11.5 Å². The van der Waals surface area contributed by atoms with Crippen molar-refractivity contribution < 1.29 is 19.3 Å². The second-order valence-corrected chi connectivity index (χ2v) is 7.67. The van der Waals surface area contributed by atoms with Gasteiger partial charge in [0.1, 0.15) is 11.5 Å². The van der Waals surface area contributed by atoms with Crippen LogP contribution in [0.1, 0.15) is 39.0 Å². The molecule has 0 amide bonds. The van der Waals surface area contributed by atoms with Gasteiger partial charge in [-0.1, -0.05) is 37.6 Å². The molecule has 0 unspecified atom stereocenters. The van der Waals surface area contributed by atoms with Crippen molar-refractivity contribution in [1.29, 1.82) is 0 Å². The Balaban J connectivity index is 1.45. The topological polar surface area (TPSA) is 47.9 Å². The lowest BCUT2D eigenvalue weighted by Crippen LogP contribution is -2.46. The van der Waals surface area contributed by atoms with E-state index in [4.69, 9.17) is 19.3 Å². The van der Waals surface area contributed by atoms with Crippen molar-refractivity contribution >= 4 is 0 Å². The number of hydrogen-bond acceptors (Lipinski definition) is 4. The Morgan fingerprint density at radius 1 is 0.821 bits per heavy atom. The molecule has 2 aromatic carbocycles. The van der Waals surface area contributed by atoms with Crippen LogP contribution in [0.25, 0.3) is 11.1 Å². The van der Waals surface area contributed by atoms with Gasteiger partial charge in [0.2, 0.25) is 0 Å². The highest BCUT2D eigenvalue weighted by atomic mass is 16.5. The van der Waals surface area contributed by atoms with E-state index < -0.39 is 0 Å². The summed E-state index contributed by atoms with van der Waals surface area (Å²) in [4.78, 5) is 0. The number of aliphatic hydroxyl groups excluding tert-OH is 1.